The van der Waals surface area contributed by atoms with Gasteiger partial charge < -0.3 is 5.73 Å². The molecule has 0 aliphatic carbocycles. The van der Waals surface area contributed by atoms with Crippen molar-refractivity contribution in [1.82, 2.24) is 0 Å². The Balaban J connectivity index is 3.24. The molecule has 1 rings (SSSR count). The van der Waals surface area contributed by atoms with Crippen LogP contribution in [0.15, 0.2) is 18.2 Å². The van der Waals surface area contributed by atoms with Crippen LogP contribution in [0.3, 0.4) is 0 Å². The fraction of sp³-hybridized carbons (Fsp3) is 0.125. The van der Waals surface area contributed by atoms with Gasteiger partial charge in [-0.05, 0) is 6.07 Å². The third-order valence-corrected chi connectivity index (χ3v) is 1.87. The molecule has 0 atom stereocenters. The molecule has 0 unspecified atom stereocenters. The standard InChI is InChI=1S/C8H7N3O5/c9-8(12)7-3-6(11(15)16)2-1-5(7)4-10(13)14/h1-3H,4H2,(H2,9,12). The van der Waals surface area contributed by atoms with E-state index >= 15 is 0 Å². The topological polar surface area (TPSA) is 129 Å². The van der Waals surface area contributed by atoms with Gasteiger partial charge in [-0.15, -0.1) is 0 Å². The first-order valence-corrected chi connectivity index (χ1v) is 4.10. The molecule has 0 bridgehead atoms. The summed E-state index contributed by atoms with van der Waals surface area (Å²) in [6, 6.07) is 3.17. The highest BCUT2D eigenvalue weighted by atomic mass is 16.6. The Hall–Kier alpha value is -2.51. The van der Waals surface area contributed by atoms with Crippen molar-refractivity contribution >= 4 is 11.6 Å². The van der Waals surface area contributed by atoms with Crippen LogP contribution < -0.4 is 5.73 Å². The van der Waals surface area contributed by atoms with Crippen LogP contribution in [0.5, 0.6) is 0 Å². The number of carbonyl (C=O) groups excluding carboxylic acids is 1. The summed E-state index contributed by atoms with van der Waals surface area (Å²) < 4.78 is 0. The van der Waals surface area contributed by atoms with Crippen LogP contribution in [0, 0.1) is 20.2 Å². The van der Waals surface area contributed by atoms with Crippen LogP contribution in [0.1, 0.15) is 15.9 Å². The second kappa shape index (κ2) is 4.34. The van der Waals surface area contributed by atoms with E-state index in [1.54, 1.807) is 0 Å². The molecule has 0 heterocycles. The smallest absolute Gasteiger partial charge is 0.270 e. The second-order valence-electron chi connectivity index (χ2n) is 2.95. The molecule has 0 saturated carbocycles. The highest BCUT2D eigenvalue weighted by Gasteiger charge is 2.17. The quantitative estimate of drug-likeness (QED) is 0.587. The van der Waals surface area contributed by atoms with Gasteiger partial charge in [0, 0.05) is 22.6 Å². The number of carbonyl (C=O) groups is 1. The normalized spacial score (nSPS) is 9.75. The van der Waals surface area contributed by atoms with Crippen molar-refractivity contribution in [2.45, 2.75) is 6.54 Å². The number of primary amides is 1. The highest BCUT2D eigenvalue weighted by molar-refractivity contribution is 5.95. The lowest BCUT2D eigenvalue weighted by molar-refractivity contribution is -0.496. The van der Waals surface area contributed by atoms with Gasteiger partial charge in [-0.1, -0.05) is 0 Å². The molecule has 2 N–H and O–H groups in total. The molecule has 8 nitrogen and oxygen atoms in total. The number of amides is 1. The fourth-order valence-corrected chi connectivity index (χ4v) is 1.18. The van der Waals surface area contributed by atoms with Gasteiger partial charge in [-0.2, -0.15) is 0 Å². The van der Waals surface area contributed by atoms with E-state index in [1.165, 1.54) is 0 Å². The molecule has 0 fully saturated rings. The number of hydrogen-bond acceptors (Lipinski definition) is 5. The van der Waals surface area contributed by atoms with Crippen LogP contribution in [0.25, 0.3) is 0 Å². The summed E-state index contributed by atoms with van der Waals surface area (Å²) in [5, 5.41) is 20.7. The average molecular weight is 225 g/mol. The predicted molar refractivity (Wildman–Crippen MR) is 52.3 cm³/mol. The second-order valence-corrected chi connectivity index (χ2v) is 2.95. The summed E-state index contributed by atoms with van der Waals surface area (Å²) in [7, 11) is 0. The summed E-state index contributed by atoms with van der Waals surface area (Å²) >= 11 is 0. The van der Waals surface area contributed by atoms with Gasteiger partial charge >= 0.3 is 0 Å². The first-order chi connectivity index (χ1) is 7.41. The molecule has 0 aliphatic rings. The zero-order valence-corrected chi connectivity index (χ0v) is 7.95. The first-order valence-electron chi connectivity index (χ1n) is 4.10. The van der Waals surface area contributed by atoms with Crippen molar-refractivity contribution in [3.8, 4) is 0 Å². The van der Waals surface area contributed by atoms with Gasteiger partial charge in [-0.3, -0.25) is 25.0 Å². The van der Waals surface area contributed by atoms with Gasteiger partial charge in [0.1, 0.15) is 0 Å². The number of nitrogens with two attached hydrogens (primary N) is 1. The maximum absolute atomic E-state index is 11.0. The van der Waals surface area contributed by atoms with Crippen molar-refractivity contribution in [1.29, 1.82) is 0 Å². The number of rotatable bonds is 4. The van der Waals surface area contributed by atoms with Crippen molar-refractivity contribution in [2.75, 3.05) is 0 Å². The van der Waals surface area contributed by atoms with E-state index in [-0.39, 0.29) is 16.8 Å². The van der Waals surface area contributed by atoms with E-state index in [1.807, 2.05) is 0 Å². The summed E-state index contributed by atoms with van der Waals surface area (Å²) in [6.45, 7) is -0.601. The number of nitrogens with zero attached hydrogens (tertiary/aromatic N) is 2. The summed E-state index contributed by atoms with van der Waals surface area (Å²) in [6.07, 6.45) is 0. The zero-order chi connectivity index (χ0) is 12.3. The first kappa shape index (κ1) is 11.6. The molecular formula is C8H7N3O5. The van der Waals surface area contributed by atoms with Crippen molar-refractivity contribution in [3.63, 3.8) is 0 Å². The molecule has 1 amide bonds. The molecule has 0 spiro atoms. The number of non-ortho nitro benzene ring substituents is 1. The van der Waals surface area contributed by atoms with Gasteiger partial charge in [-0.25, -0.2) is 0 Å². The van der Waals surface area contributed by atoms with Crippen molar-refractivity contribution < 1.29 is 14.6 Å². The van der Waals surface area contributed by atoms with Crippen LogP contribution in [0.4, 0.5) is 5.69 Å². The van der Waals surface area contributed by atoms with Gasteiger partial charge in [0.2, 0.25) is 12.5 Å². The van der Waals surface area contributed by atoms with Gasteiger partial charge in [0.25, 0.3) is 5.69 Å². The van der Waals surface area contributed by atoms with E-state index in [4.69, 9.17) is 5.73 Å². The summed E-state index contributed by atoms with van der Waals surface area (Å²) in [4.78, 5) is 30.3. The van der Waals surface area contributed by atoms with E-state index in [9.17, 15) is 25.0 Å². The summed E-state index contributed by atoms with van der Waals surface area (Å²) in [5.74, 6) is -0.930. The highest BCUT2D eigenvalue weighted by Crippen LogP contribution is 2.18. The molecule has 84 valence electrons. The predicted octanol–water partition coefficient (Wildman–Crippen LogP) is 0.470. The van der Waals surface area contributed by atoms with Crippen LogP contribution in [-0.2, 0) is 6.54 Å². The molecule has 0 aliphatic heterocycles. The zero-order valence-electron chi connectivity index (χ0n) is 7.95. The molecule has 16 heavy (non-hydrogen) atoms. The van der Waals surface area contributed by atoms with E-state index in [0.717, 1.165) is 18.2 Å². The minimum absolute atomic E-state index is 0.0584. The molecule has 1 aromatic carbocycles. The number of nitro benzene ring substituents is 1. The monoisotopic (exact) mass is 225 g/mol. The Morgan fingerprint density at radius 1 is 1.31 bits per heavy atom. The number of hydrogen-bond donors (Lipinski definition) is 1. The Morgan fingerprint density at radius 2 is 1.94 bits per heavy atom. The number of benzene rings is 1. The Kier molecular flexibility index (Phi) is 3.14. The van der Waals surface area contributed by atoms with E-state index < -0.39 is 22.3 Å². The molecule has 0 saturated heterocycles. The minimum Gasteiger partial charge on any atom is -0.366 e. The SMILES string of the molecule is NC(=O)c1cc([N+](=O)[O-])ccc1C[N+](=O)[O-]. The third kappa shape index (κ3) is 2.50. The van der Waals surface area contributed by atoms with Gasteiger partial charge in [0.05, 0.1) is 10.5 Å². The van der Waals surface area contributed by atoms with E-state index in [2.05, 4.69) is 0 Å². The molecule has 0 radical (unpaired) electrons. The third-order valence-electron chi connectivity index (χ3n) is 1.87. The minimum atomic E-state index is -0.930. The van der Waals surface area contributed by atoms with Crippen LogP contribution in [0.2, 0.25) is 0 Å². The van der Waals surface area contributed by atoms with Gasteiger partial charge in [0.15, 0.2) is 0 Å². The molecular weight excluding hydrogens is 218 g/mol. The average Bonchev–Trinajstić information content (AvgIpc) is 2.16. The van der Waals surface area contributed by atoms with E-state index in [0.29, 0.717) is 0 Å². The Labute approximate surface area is 89.0 Å². The fourth-order valence-electron chi connectivity index (χ4n) is 1.18. The lowest BCUT2D eigenvalue weighted by Crippen LogP contribution is -2.15. The largest absolute Gasteiger partial charge is 0.366 e. The van der Waals surface area contributed by atoms with Crippen molar-refractivity contribution in [2.24, 2.45) is 5.73 Å². The maximum atomic E-state index is 11.0. The van der Waals surface area contributed by atoms with Crippen LogP contribution >= 0.6 is 0 Å². The maximum Gasteiger partial charge on any atom is 0.270 e. The lowest BCUT2D eigenvalue weighted by Gasteiger charge is -2.02. The molecule has 8 heteroatoms. The summed E-state index contributed by atoms with van der Waals surface area (Å²) in [5.41, 5.74) is 4.50. The molecule has 1 aromatic rings. The Morgan fingerprint density at radius 3 is 2.38 bits per heavy atom. The lowest BCUT2D eigenvalue weighted by atomic mass is 10.1. The Bertz CT molecular complexity index is 471. The van der Waals surface area contributed by atoms with Crippen LogP contribution in [-0.4, -0.2) is 15.8 Å². The number of nitro groups is 2. The van der Waals surface area contributed by atoms with Crippen molar-refractivity contribution in [3.05, 3.63) is 49.6 Å². The molecule has 0 aromatic heterocycles.